The van der Waals surface area contributed by atoms with Crippen LogP contribution in [0.4, 0.5) is 4.39 Å². The Balaban J connectivity index is 2.72. The molecule has 6 heteroatoms. The van der Waals surface area contributed by atoms with Crippen LogP contribution in [0.5, 0.6) is 0 Å². The molecule has 1 aromatic carbocycles. The highest BCUT2D eigenvalue weighted by atomic mass is 79.9. The molecule has 0 radical (unpaired) electrons. The molecule has 0 aromatic heterocycles. The summed E-state index contributed by atoms with van der Waals surface area (Å²) in [7, 11) is 1.56. The molecule has 1 amide bonds. The Labute approximate surface area is 101 Å². The third kappa shape index (κ3) is 3.55. The SMILES string of the molecule is CNNC(=O)C(N)Cc1cc(Br)ccc1F. The van der Waals surface area contributed by atoms with Crippen LogP contribution < -0.4 is 16.6 Å². The smallest absolute Gasteiger partial charge is 0.251 e. The van der Waals surface area contributed by atoms with Gasteiger partial charge in [-0.2, -0.15) is 0 Å². The molecule has 0 fully saturated rings. The van der Waals surface area contributed by atoms with Crippen molar-refractivity contribution in [2.45, 2.75) is 12.5 Å². The number of benzene rings is 1. The zero-order valence-electron chi connectivity index (χ0n) is 8.76. The summed E-state index contributed by atoms with van der Waals surface area (Å²) in [6.45, 7) is 0. The van der Waals surface area contributed by atoms with E-state index < -0.39 is 6.04 Å². The number of halogens is 2. The van der Waals surface area contributed by atoms with Gasteiger partial charge in [0, 0.05) is 11.5 Å². The van der Waals surface area contributed by atoms with Crippen molar-refractivity contribution in [1.82, 2.24) is 10.9 Å². The molecule has 4 N–H and O–H groups in total. The number of nitrogens with two attached hydrogens (primary N) is 1. The van der Waals surface area contributed by atoms with Crippen molar-refractivity contribution in [2.75, 3.05) is 7.05 Å². The number of rotatable bonds is 4. The van der Waals surface area contributed by atoms with Crippen molar-refractivity contribution in [2.24, 2.45) is 5.73 Å². The molecule has 0 heterocycles. The van der Waals surface area contributed by atoms with E-state index in [2.05, 4.69) is 26.8 Å². The normalized spacial score (nSPS) is 12.2. The fourth-order valence-electron chi connectivity index (χ4n) is 1.25. The first-order chi connectivity index (χ1) is 7.54. The number of amides is 1. The van der Waals surface area contributed by atoms with Gasteiger partial charge in [0.25, 0.3) is 5.91 Å². The third-order valence-corrected chi connectivity index (χ3v) is 2.53. The zero-order valence-corrected chi connectivity index (χ0v) is 10.3. The second-order valence-corrected chi connectivity index (χ2v) is 4.20. The molecule has 0 aliphatic rings. The molecule has 88 valence electrons. The van der Waals surface area contributed by atoms with Crippen molar-refractivity contribution in [1.29, 1.82) is 0 Å². The summed E-state index contributed by atoms with van der Waals surface area (Å²) in [6, 6.07) is 3.76. The highest BCUT2D eigenvalue weighted by Gasteiger charge is 2.15. The van der Waals surface area contributed by atoms with Crippen LogP contribution in [0.25, 0.3) is 0 Å². The molecule has 0 saturated carbocycles. The van der Waals surface area contributed by atoms with Crippen LogP contribution in [0.2, 0.25) is 0 Å². The molecular weight excluding hydrogens is 277 g/mol. The first-order valence-electron chi connectivity index (χ1n) is 4.70. The topological polar surface area (TPSA) is 67.1 Å². The van der Waals surface area contributed by atoms with Crippen molar-refractivity contribution in [3.8, 4) is 0 Å². The Bertz CT molecular complexity index is 386. The minimum atomic E-state index is -0.781. The minimum absolute atomic E-state index is 0.152. The fourth-order valence-corrected chi connectivity index (χ4v) is 1.65. The number of hydrazine groups is 1. The van der Waals surface area contributed by atoms with E-state index in [1.54, 1.807) is 19.2 Å². The maximum absolute atomic E-state index is 13.4. The van der Waals surface area contributed by atoms with Gasteiger partial charge in [0.05, 0.1) is 6.04 Å². The summed E-state index contributed by atoms with van der Waals surface area (Å²) in [5.74, 6) is -0.738. The number of carbonyl (C=O) groups excluding carboxylic acids is 1. The van der Waals surface area contributed by atoms with Gasteiger partial charge in [0.15, 0.2) is 0 Å². The van der Waals surface area contributed by atoms with Gasteiger partial charge in [-0.15, -0.1) is 0 Å². The van der Waals surface area contributed by atoms with E-state index in [9.17, 15) is 9.18 Å². The van der Waals surface area contributed by atoms with Gasteiger partial charge >= 0.3 is 0 Å². The van der Waals surface area contributed by atoms with Crippen molar-refractivity contribution in [3.63, 3.8) is 0 Å². The van der Waals surface area contributed by atoms with Gasteiger partial charge in [-0.25, -0.2) is 9.82 Å². The first kappa shape index (κ1) is 13.1. The van der Waals surface area contributed by atoms with Crippen LogP contribution in [0, 0.1) is 5.82 Å². The summed E-state index contributed by atoms with van der Waals surface area (Å²) in [5.41, 5.74) is 10.9. The van der Waals surface area contributed by atoms with Crippen molar-refractivity contribution >= 4 is 21.8 Å². The molecule has 0 saturated heterocycles. The van der Waals surface area contributed by atoms with E-state index in [1.807, 2.05) is 0 Å². The van der Waals surface area contributed by atoms with Gasteiger partial charge in [0.2, 0.25) is 0 Å². The third-order valence-electron chi connectivity index (χ3n) is 2.03. The monoisotopic (exact) mass is 289 g/mol. The van der Waals surface area contributed by atoms with Crippen LogP contribution in [-0.2, 0) is 11.2 Å². The molecule has 0 spiro atoms. The van der Waals surface area contributed by atoms with Crippen molar-refractivity contribution < 1.29 is 9.18 Å². The average Bonchev–Trinajstić information content (AvgIpc) is 2.23. The largest absolute Gasteiger partial charge is 0.320 e. The molecule has 1 rings (SSSR count). The average molecular weight is 290 g/mol. The molecule has 0 bridgehead atoms. The number of hydrogen-bond acceptors (Lipinski definition) is 3. The predicted molar refractivity (Wildman–Crippen MR) is 63.0 cm³/mol. The first-order valence-corrected chi connectivity index (χ1v) is 5.50. The Morgan fingerprint density at radius 1 is 1.62 bits per heavy atom. The maximum atomic E-state index is 13.4. The highest BCUT2D eigenvalue weighted by Crippen LogP contribution is 2.16. The number of nitrogens with one attached hydrogen (secondary N) is 2. The fraction of sp³-hybridized carbons (Fsp3) is 0.300. The summed E-state index contributed by atoms with van der Waals surface area (Å²) in [6.07, 6.45) is 0.152. The van der Waals surface area contributed by atoms with Crippen LogP contribution in [-0.4, -0.2) is 19.0 Å². The standard InChI is InChI=1S/C10H13BrFN3O/c1-14-15-10(16)9(13)5-6-4-7(11)2-3-8(6)12/h2-4,9,14H,5,13H2,1H3,(H,15,16). The Hall–Kier alpha value is -0.980. The molecule has 1 atom stereocenters. The van der Waals surface area contributed by atoms with Gasteiger partial charge in [0.1, 0.15) is 5.82 Å². The predicted octanol–water partition coefficient (Wildman–Crippen LogP) is 0.709. The van der Waals surface area contributed by atoms with Gasteiger partial charge in [-0.1, -0.05) is 15.9 Å². The van der Waals surface area contributed by atoms with E-state index in [4.69, 9.17) is 5.73 Å². The summed E-state index contributed by atoms with van der Waals surface area (Å²) in [5, 5.41) is 0. The lowest BCUT2D eigenvalue weighted by atomic mass is 10.1. The van der Waals surface area contributed by atoms with Crippen LogP contribution in [0.3, 0.4) is 0 Å². The molecule has 4 nitrogen and oxygen atoms in total. The number of hydrogen-bond donors (Lipinski definition) is 3. The summed E-state index contributed by atoms with van der Waals surface area (Å²) >= 11 is 3.23. The molecular formula is C10H13BrFN3O. The molecule has 1 unspecified atom stereocenters. The summed E-state index contributed by atoms with van der Waals surface area (Å²) < 4.78 is 14.1. The van der Waals surface area contributed by atoms with Gasteiger partial charge < -0.3 is 5.73 Å². The van der Waals surface area contributed by atoms with Gasteiger partial charge in [-0.3, -0.25) is 10.2 Å². The Morgan fingerprint density at radius 3 is 2.94 bits per heavy atom. The van der Waals surface area contributed by atoms with Crippen molar-refractivity contribution in [3.05, 3.63) is 34.1 Å². The maximum Gasteiger partial charge on any atom is 0.251 e. The molecule has 1 aromatic rings. The lowest BCUT2D eigenvalue weighted by Crippen LogP contribution is -2.46. The van der Waals surface area contributed by atoms with E-state index in [1.165, 1.54) is 6.07 Å². The molecule has 0 aliphatic carbocycles. The second kappa shape index (κ2) is 5.93. The van der Waals surface area contributed by atoms with Crippen LogP contribution in [0.1, 0.15) is 5.56 Å². The van der Waals surface area contributed by atoms with Crippen LogP contribution >= 0.6 is 15.9 Å². The van der Waals surface area contributed by atoms with E-state index >= 15 is 0 Å². The Morgan fingerprint density at radius 2 is 2.31 bits per heavy atom. The lowest BCUT2D eigenvalue weighted by molar-refractivity contribution is -0.123. The highest BCUT2D eigenvalue weighted by molar-refractivity contribution is 9.10. The Kier molecular flexibility index (Phi) is 4.85. The number of carbonyl (C=O) groups is 1. The minimum Gasteiger partial charge on any atom is -0.320 e. The zero-order chi connectivity index (χ0) is 12.1. The second-order valence-electron chi connectivity index (χ2n) is 3.29. The summed E-state index contributed by atoms with van der Waals surface area (Å²) in [4.78, 5) is 11.3. The quantitative estimate of drug-likeness (QED) is 0.715. The van der Waals surface area contributed by atoms with E-state index in [0.29, 0.717) is 5.56 Å². The van der Waals surface area contributed by atoms with E-state index in [-0.39, 0.29) is 18.1 Å². The van der Waals surface area contributed by atoms with Gasteiger partial charge in [-0.05, 0) is 30.2 Å². The van der Waals surface area contributed by atoms with E-state index in [0.717, 1.165) is 4.47 Å². The lowest BCUT2D eigenvalue weighted by Gasteiger charge is -2.12. The molecule has 16 heavy (non-hydrogen) atoms. The molecule has 0 aliphatic heterocycles. The van der Waals surface area contributed by atoms with Crippen LogP contribution in [0.15, 0.2) is 22.7 Å².